The molecule has 0 amide bonds. The molecule has 3 nitrogen and oxygen atoms in total. The highest BCUT2D eigenvalue weighted by atomic mass is 16.6. The van der Waals surface area contributed by atoms with E-state index in [4.69, 9.17) is 4.84 Å². The summed E-state index contributed by atoms with van der Waals surface area (Å²) in [5.74, 6) is 0. The van der Waals surface area contributed by atoms with Gasteiger partial charge in [0.15, 0.2) is 0 Å². The van der Waals surface area contributed by atoms with Gasteiger partial charge in [-0.3, -0.25) is 9.74 Å². The highest BCUT2D eigenvalue weighted by Gasteiger charge is 2.34. The molecule has 3 heteroatoms. The first-order valence-corrected chi connectivity index (χ1v) is 6.57. The molecule has 17 heavy (non-hydrogen) atoms. The Bertz CT molecular complexity index is 350. The lowest BCUT2D eigenvalue weighted by Gasteiger charge is -2.15. The Morgan fingerprint density at radius 3 is 2.76 bits per heavy atom. The van der Waals surface area contributed by atoms with E-state index in [1.807, 2.05) is 18.2 Å². The van der Waals surface area contributed by atoms with Crippen LogP contribution in [-0.4, -0.2) is 30.1 Å². The van der Waals surface area contributed by atoms with Crippen molar-refractivity contribution in [3.05, 3.63) is 35.9 Å². The zero-order chi connectivity index (χ0) is 11.5. The van der Waals surface area contributed by atoms with Gasteiger partial charge in [-0.15, -0.1) is 0 Å². The molecule has 1 atom stereocenters. The summed E-state index contributed by atoms with van der Waals surface area (Å²) < 4.78 is 0. The predicted octanol–water partition coefficient (Wildman–Crippen LogP) is 1.94. The third kappa shape index (κ3) is 3.06. The molecule has 1 aromatic rings. The summed E-state index contributed by atoms with van der Waals surface area (Å²) in [5, 5.41) is 0. The molecule has 1 aromatic carbocycles. The number of hydrogen-bond donors (Lipinski definition) is 1. The topological polar surface area (TPSA) is 24.5 Å². The number of likely N-dealkylation sites (tertiary alicyclic amines) is 1. The van der Waals surface area contributed by atoms with Crippen molar-refractivity contribution in [2.75, 3.05) is 13.1 Å². The fourth-order valence-electron chi connectivity index (χ4n) is 2.47. The number of rotatable bonds is 5. The molecule has 92 valence electrons. The second-order valence-electron chi connectivity index (χ2n) is 5.10. The monoisotopic (exact) mass is 232 g/mol. The van der Waals surface area contributed by atoms with Crippen molar-refractivity contribution in [2.24, 2.45) is 0 Å². The van der Waals surface area contributed by atoms with Crippen LogP contribution in [0.4, 0.5) is 0 Å². The van der Waals surface area contributed by atoms with Crippen LogP contribution in [0, 0.1) is 0 Å². The SMILES string of the molecule is c1ccc(CONC2CCN(C3CC3)C2)cc1. The predicted molar refractivity (Wildman–Crippen MR) is 67.4 cm³/mol. The Labute approximate surface area is 103 Å². The van der Waals surface area contributed by atoms with Gasteiger partial charge < -0.3 is 0 Å². The zero-order valence-electron chi connectivity index (χ0n) is 10.1. The number of nitrogens with one attached hydrogen (secondary N) is 1. The van der Waals surface area contributed by atoms with Gasteiger partial charge in [0.05, 0.1) is 6.61 Å². The van der Waals surface area contributed by atoms with Gasteiger partial charge in [0.2, 0.25) is 0 Å². The minimum absolute atomic E-state index is 0.513. The van der Waals surface area contributed by atoms with Crippen molar-refractivity contribution >= 4 is 0 Å². The average molecular weight is 232 g/mol. The normalized spacial score (nSPS) is 25.3. The van der Waals surface area contributed by atoms with E-state index < -0.39 is 0 Å². The summed E-state index contributed by atoms with van der Waals surface area (Å²) in [6.07, 6.45) is 4.01. The van der Waals surface area contributed by atoms with Crippen LogP contribution in [-0.2, 0) is 11.4 Å². The summed E-state index contributed by atoms with van der Waals surface area (Å²) in [5.41, 5.74) is 4.42. The molecular formula is C14H20N2O. The van der Waals surface area contributed by atoms with Gasteiger partial charge in [0.25, 0.3) is 0 Å². The zero-order valence-corrected chi connectivity index (χ0v) is 10.1. The van der Waals surface area contributed by atoms with Gasteiger partial charge >= 0.3 is 0 Å². The molecule has 0 radical (unpaired) electrons. The van der Waals surface area contributed by atoms with Crippen LogP contribution < -0.4 is 5.48 Å². The maximum absolute atomic E-state index is 5.58. The van der Waals surface area contributed by atoms with E-state index in [0.717, 1.165) is 12.6 Å². The Hall–Kier alpha value is -0.900. The van der Waals surface area contributed by atoms with Crippen molar-refractivity contribution < 1.29 is 4.84 Å². The van der Waals surface area contributed by atoms with Crippen molar-refractivity contribution in [3.63, 3.8) is 0 Å². The van der Waals surface area contributed by atoms with Crippen molar-refractivity contribution in [2.45, 2.75) is 38.0 Å². The lowest BCUT2D eigenvalue weighted by Crippen LogP contribution is -2.33. The van der Waals surface area contributed by atoms with E-state index in [1.54, 1.807) is 0 Å². The maximum atomic E-state index is 5.58. The minimum Gasteiger partial charge on any atom is -0.299 e. The third-order valence-corrected chi connectivity index (χ3v) is 3.61. The van der Waals surface area contributed by atoms with Crippen LogP contribution in [0.5, 0.6) is 0 Å². The van der Waals surface area contributed by atoms with E-state index in [2.05, 4.69) is 22.5 Å². The Morgan fingerprint density at radius 2 is 2.00 bits per heavy atom. The highest BCUT2D eigenvalue weighted by molar-refractivity contribution is 5.13. The van der Waals surface area contributed by atoms with Crippen molar-refractivity contribution in [1.82, 2.24) is 10.4 Å². The van der Waals surface area contributed by atoms with Gasteiger partial charge in [-0.2, -0.15) is 5.48 Å². The first kappa shape index (κ1) is 11.2. The maximum Gasteiger partial charge on any atom is 0.0933 e. The summed E-state index contributed by atoms with van der Waals surface area (Å²) in [6.45, 7) is 3.04. The second kappa shape index (κ2) is 5.17. The number of hydroxylamine groups is 1. The standard InChI is InChI=1S/C14H20N2O/c1-2-4-12(5-3-1)11-17-15-13-8-9-16(10-13)14-6-7-14/h1-5,13-15H,6-11H2. The van der Waals surface area contributed by atoms with Crippen molar-refractivity contribution in [1.29, 1.82) is 0 Å². The molecule has 1 aliphatic carbocycles. The van der Waals surface area contributed by atoms with Crippen LogP contribution in [0.15, 0.2) is 30.3 Å². The lowest BCUT2D eigenvalue weighted by molar-refractivity contribution is 0.00556. The number of benzene rings is 1. The fourth-order valence-corrected chi connectivity index (χ4v) is 2.47. The van der Waals surface area contributed by atoms with Gasteiger partial charge in [0.1, 0.15) is 0 Å². The van der Waals surface area contributed by atoms with Crippen LogP contribution in [0.1, 0.15) is 24.8 Å². The van der Waals surface area contributed by atoms with E-state index in [0.29, 0.717) is 12.6 Å². The molecule has 1 N–H and O–H groups in total. The van der Waals surface area contributed by atoms with Crippen LogP contribution in [0.2, 0.25) is 0 Å². The summed E-state index contributed by atoms with van der Waals surface area (Å²) >= 11 is 0. The molecule has 1 unspecified atom stereocenters. The molecule has 3 rings (SSSR count). The largest absolute Gasteiger partial charge is 0.299 e. The molecule has 1 saturated carbocycles. The second-order valence-corrected chi connectivity index (χ2v) is 5.10. The van der Waals surface area contributed by atoms with E-state index in [9.17, 15) is 0 Å². The van der Waals surface area contributed by atoms with E-state index in [1.165, 1.54) is 31.4 Å². The average Bonchev–Trinajstić information content (AvgIpc) is 3.11. The quantitative estimate of drug-likeness (QED) is 0.785. The number of hydrogen-bond acceptors (Lipinski definition) is 3. The highest BCUT2D eigenvalue weighted by Crippen LogP contribution is 2.29. The molecule has 0 spiro atoms. The molecule has 1 heterocycles. The van der Waals surface area contributed by atoms with Gasteiger partial charge in [-0.05, 0) is 24.8 Å². The molecular weight excluding hydrogens is 212 g/mol. The minimum atomic E-state index is 0.513. The summed E-state index contributed by atoms with van der Waals surface area (Å²) in [7, 11) is 0. The van der Waals surface area contributed by atoms with E-state index >= 15 is 0 Å². The van der Waals surface area contributed by atoms with Gasteiger partial charge in [0, 0.05) is 25.2 Å². The molecule has 0 aromatic heterocycles. The molecule has 0 bridgehead atoms. The Balaban J connectivity index is 1.37. The van der Waals surface area contributed by atoms with Crippen LogP contribution in [0.25, 0.3) is 0 Å². The smallest absolute Gasteiger partial charge is 0.0933 e. The van der Waals surface area contributed by atoms with Crippen molar-refractivity contribution in [3.8, 4) is 0 Å². The number of nitrogens with zero attached hydrogens (tertiary/aromatic N) is 1. The summed E-state index contributed by atoms with van der Waals surface area (Å²) in [4.78, 5) is 8.16. The van der Waals surface area contributed by atoms with E-state index in [-0.39, 0.29) is 0 Å². The first-order chi connectivity index (χ1) is 8.42. The van der Waals surface area contributed by atoms with Gasteiger partial charge in [-0.1, -0.05) is 30.3 Å². The molecule has 2 aliphatic rings. The summed E-state index contributed by atoms with van der Waals surface area (Å²) in [6, 6.07) is 11.7. The van der Waals surface area contributed by atoms with Crippen LogP contribution in [0.3, 0.4) is 0 Å². The Morgan fingerprint density at radius 1 is 1.18 bits per heavy atom. The fraction of sp³-hybridized carbons (Fsp3) is 0.571. The third-order valence-electron chi connectivity index (χ3n) is 3.61. The van der Waals surface area contributed by atoms with Crippen LogP contribution >= 0.6 is 0 Å². The Kier molecular flexibility index (Phi) is 3.41. The lowest BCUT2D eigenvalue weighted by atomic mass is 10.2. The molecule has 2 fully saturated rings. The first-order valence-electron chi connectivity index (χ1n) is 6.57. The molecule has 1 aliphatic heterocycles. The van der Waals surface area contributed by atoms with Gasteiger partial charge in [-0.25, -0.2) is 0 Å². The molecule has 1 saturated heterocycles.